The summed E-state index contributed by atoms with van der Waals surface area (Å²) in [5, 5.41) is 3.61. The number of esters is 1. The van der Waals surface area contributed by atoms with Crippen molar-refractivity contribution >= 4 is 17.9 Å². The van der Waals surface area contributed by atoms with Crippen LogP contribution in [-0.4, -0.2) is 32.0 Å². The zero-order chi connectivity index (χ0) is 27.5. The van der Waals surface area contributed by atoms with E-state index < -0.39 is 12.0 Å². The third-order valence-corrected chi connectivity index (χ3v) is 7.20. The predicted molar refractivity (Wildman–Crippen MR) is 155 cm³/mol. The molecule has 0 aliphatic carbocycles. The number of ether oxygens (including phenoxy) is 2. The number of piperidine rings is 1. The van der Waals surface area contributed by atoms with Gasteiger partial charge < -0.3 is 19.2 Å². The quantitative estimate of drug-likeness (QED) is 0.194. The van der Waals surface area contributed by atoms with E-state index in [-0.39, 0.29) is 12.6 Å². The maximum absolute atomic E-state index is 12.9. The van der Waals surface area contributed by atoms with E-state index >= 15 is 0 Å². The number of carbonyl (C=O) groups is 2. The Morgan fingerprint density at radius 3 is 2.44 bits per heavy atom. The van der Waals surface area contributed by atoms with E-state index in [1.165, 1.54) is 30.5 Å². The average molecular weight is 529 g/mol. The summed E-state index contributed by atoms with van der Waals surface area (Å²) >= 11 is 0. The van der Waals surface area contributed by atoms with E-state index in [2.05, 4.69) is 41.4 Å². The first-order valence-corrected chi connectivity index (χ1v) is 14.2. The molecule has 1 aliphatic rings. The molecule has 0 spiro atoms. The second-order valence-electron chi connectivity index (χ2n) is 9.98. The van der Waals surface area contributed by atoms with Crippen molar-refractivity contribution in [1.82, 2.24) is 5.32 Å². The normalized spacial score (nSPS) is 14.9. The molecule has 1 N–H and O–H groups in total. The van der Waals surface area contributed by atoms with E-state index in [1.807, 2.05) is 43.3 Å². The molecular formula is C33H40N2O4. The molecule has 0 amide bonds. The molecule has 39 heavy (non-hydrogen) atoms. The van der Waals surface area contributed by atoms with Crippen LogP contribution >= 0.6 is 0 Å². The predicted octanol–water partition coefficient (Wildman–Crippen LogP) is 6.80. The van der Waals surface area contributed by atoms with E-state index in [0.717, 1.165) is 43.3 Å². The lowest BCUT2D eigenvalue weighted by atomic mass is 9.96. The zero-order valence-electron chi connectivity index (χ0n) is 23.1. The molecule has 6 nitrogen and oxygen atoms in total. The van der Waals surface area contributed by atoms with Gasteiger partial charge in [0.1, 0.15) is 24.2 Å². The third kappa shape index (κ3) is 7.48. The van der Waals surface area contributed by atoms with Gasteiger partial charge in [0, 0.05) is 24.8 Å². The van der Waals surface area contributed by atoms with Crippen LogP contribution in [0, 0.1) is 0 Å². The highest BCUT2D eigenvalue weighted by molar-refractivity contribution is 5.92. The van der Waals surface area contributed by atoms with Crippen LogP contribution < -0.4 is 15.0 Å². The van der Waals surface area contributed by atoms with Crippen molar-refractivity contribution in [1.29, 1.82) is 0 Å². The fraction of sp³-hybridized carbons (Fsp3) is 0.394. The van der Waals surface area contributed by atoms with Gasteiger partial charge in [-0.3, -0.25) is 5.32 Å². The Bertz CT molecular complexity index is 1210. The van der Waals surface area contributed by atoms with Gasteiger partial charge in [0.25, 0.3) is 0 Å². The Balaban J connectivity index is 1.55. The molecule has 4 rings (SSSR count). The van der Waals surface area contributed by atoms with Gasteiger partial charge in [-0.2, -0.15) is 0 Å². The largest absolute Gasteiger partial charge is 0.493 e. The Kier molecular flexibility index (Phi) is 10.5. The van der Waals surface area contributed by atoms with Crippen LogP contribution in [0.1, 0.15) is 85.1 Å². The van der Waals surface area contributed by atoms with Crippen LogP contribution in [0.2, 0.25) is 0 Å². The van der Waals surface area contributed by atoms with Gasteiger partial charge in [-0.25, -0.2) is 4.79 Å². The van der Waals surface area contributed by atoms with Gasteiger partial charge in [-0.15, -0.1) is 0 Å². The van der Waals surface area contributed by atoms with Crippen LogP contribution in [0.25, 0.3) is 0 Å². The fourth-order valence-electron chi connectivity index (χ4n) is 5.23. The van der Waals surface area contributed by atoms with E-state index in [4.69, 9.17) is 9.47 Å². The highest BCUT2D eigenvalue weighted by Crippen LogP contribution is 2.33. The monoisotopic (exact) mass is 528 g/mol. The van der Waals surface area contributed by atoms with E-state index in [1.54, 1.807) is 12.1 Å². The number of anilines is 1. The number of rotatable bonds is 13. The number of para-hydroxylation sites is 1. The Morgan fingerprint density at radius 1 is 0.974 bits per heavy atom. The molecule has 0 saturated carbocycles. The zero-order valence-corrected chi connectivity index (χ0v) is 23.1. The molecule has 1 aliphatic heterocycles. The molecule has 0 radical (unpaired) electrons. The van der Waals surface area contributed by atoms with Gasteiger partial charge in [0.2, 0.25) is 0 Å². The first kappa shape index (κ1) is 28.4. The van der Waals surface area contributed by atoms with Crippen molar-refractivity contribution in [2.24, 2.45) is 0 Å². The van der Waals surface area contributed by atoms with Crippen molar-refractivity contribution in [3.63, 3.8) is 0 Å². The number of aldehydes is 1. The molecule has 206 valence electrons. The van der Waals surface area contributed by atoms with Gasteiger partial charge in [0.05, 0.1) is 12.6 Å². The van der Waals surface area contributed by atoms with Crippen LogP contribution in [-0.2, 0) is 16.1 Å². The molecule has 1 fully saturated rings. The van der Waals surface area contributed by atoms with Crippen molar-refractivity contribution in [3.8, 4) is 5.75 Å². The number of hydrogen-bond donors (Lipinski definition) is 1. The highest BCUT2D eigenvalue weighted by Gasteiger charge is 2.24. The third-order valence-electron chi connectivity index (χ3n) is 7.20. The summed E-state index contributed by atoms with van der Waals surface area (Å²) < 4.78 is 11.4. The summed E-state index contributed by atoms with van der Waals surface area (Å²) in [4.78, 5) is 27.8. The average Bonchev–Trinajstić information content (AvgIpc) is 2.99. The summed E-state index contributed by atoms with van der Waals surface area (Å²) in [6.45, 7) is 6.73. The van der Waals surface area contributed by atoms with Crippen LogP contribution in [0.4, 0.5) is 5.69 Å². The van der Waals surface area contributed by atoms with Gasteiger partial charge in [0.15, 0.2) is 0 Å². The van der Waals surface area contributed by atoms with E-state index in [9.17, 15) is 9.59 Å². The minimum Gasteiger partial charge on any atom is -0.493 e. The standard InChI is InChI=1S/C33H40N2O4/c1-3-13-29(27-16-9-10-17-31(27)35-20-11-6-12-21-35)34-30(23-36)26-18-19-28(32(22-26)38-4-2)33(37)39-24-25-14-7-5-8-15-25/h5,7-10,14-19,22-23,29-30,34H,3-4,6,11-13,20-21,24H2,1-2H3. The van der Waals surface area contributed by atoms with Crippen LogP contribution in [0.5, 0.6) is 5.75 Å². The Labute approximate surface area is 232 Å². The summed E-state index contributed by atoms with van der Waals surface area (Å²) in [6, 6.07) is 22.9. The van der Waals surface area contributed by atoms with Crippen molar-refractivity contribution < 1.29 is 19.1 Å². The SMILES string of the molecule is CCCC(NC(C=O)c1ccc(C(=O)OCc2ccccc2)c(OCC)c1)c1ccccc1N1CCCCC1. The maximum Gasteiger partial charge on any atom is 0.342 e. The summed E-state index contributed by atoms with van der Waals surface area (Å²) in [5.41, 5.74) is 4.49. The molecule has 2 unspecified atom stereocenters. The first-order chi connectivity index (χ1) is 19.1. The van der Waals surface area contributed by atoms with Crippen LogP contribution in [0.15, 0.2) is 72.8 Å². The summed E-state index contributed by atoms with van der Waals surface area (Å²) in [6.07, 6.45) is 6.51. The summed E-state index contributed by atoms with van der Waals surface area (Å²) in [7, 11) is 0. The van der Waals surface area contributed by atoms with Crippen molar-refractivity contribution in [3.05, 3.63) is 95.1 Å². The number of hydrogen-bond acceptors (Lipinski definition) is 6. The fourth-order valence-corrected chi connectivity index (χ4v) is 5.23. The molecule has 1 saturated heterocycles. The first-order valence-electron chi connectivity index (χ1n) is 14.2. The smallest absolute Gasteiger partial charge is 0.342 e. The molecule has 0 aromatic heterocycles. The second-order valence-corrected chi connectivity index (χ2v) is 9.98. The van der Waals surface area contributed by atoms with Gasteiger partial charge >= 0.3 is 5.97 Å². The molecular weight excluding hydrogens is 488 g/mol. The topological polar surface area (TPSA) is 67.9 Å². The summed E-state index contributed by atoms with van der Waals surface area (Å²) in [5.74, 6) is -0.0359. The second kappa shape index (κ2) is 14.5. The lowest BCUT2D eigenvalue weighted by molar-refractivity contribution is -0.109. The maximum atomic E-state index is 12.9. The van der Waals surface area contributed by atoms with Gasteiger partial charge in [-0.05, 0) is 67.5 Å². The van der Waals surface area contributed by atoms with Gasteiger partial charge in [-0.1, -0.05) is 67.9 Å². The van der Waals surface area contributed by atoms with E-state index in [0.29, 0.717) is 17.9 Å². The number of nitrogens with one attached hydrogen (secondary N) is 1. The van der Waals surface area contributed by atoms with Crippen molar-refractivity contribution in [2.45, 2.75) is 64.6 Å². The molecule has 1 heterocycles. The number of nitrogens with zero attached hydrogens (tertiary/aromatic N) is 1. The number of benzene rings is 3. The molecule has 3 aromatic carbocycles. The molecule has 2 atom stereocenters. The Hall–Kier alpha value is -3.64. The Morgan fingerprint density at radius 2 is 1.72 bits per heavy atom. The number of carbonyl (C=O) groups excluding carboxylic acids is 2. The minimum absolute atomic E-state index is 0.00869. The molecule has 0 bridgehead atoms. The molecule has 6 heteroatoms. The minimum atomic E-state index is -0.551. The van der Waals surface area contributed by atoms with Crippen LogP contribution in [0.3, 0.4) is 0 Å². The molecule has 3 aromatic rings. The highest BCUT2D eigenvalue weighted by atomic mass is 16.5. The lowest BCUT2D eigenvalue weighted by Gasteiger charge is -2.33. The van der Waals surface area contributed by atoms with Crippen molar-refractivity contribution in [2.75, 3.05) is 24.6 Å². The lowest BCUT2D eigenvalue weighted by Crippen LogP contribution is -2.33.